The molecule has 6 atom stereocenters. The zero-order valence-corrected chi connectivity index (χ0v) is 67.6. The van der Waals surface area contributed by atoms with Gasteiger partial charge in [-0.1, -0.05) is 364 Å². The lowest BCUT2D eigenvalue weighted by Gasteiger charge is -2.21. The van der Waals surface area contributed by atoms with Crippen molar-refractivity contribution in [3.05, 3.63) is 0 Å². The number of phosphoric acid groups is 2. The second-order valence-corrected chi connectivity index (χ2v) is 33.7. The van der Waals surface area contributed by atoms with Crippen molar-refractivity contribution in [2.75, 3.05) is 39.6 Å². The van der Waals surface area contributed by atoms with Crippen LogP contribution < -0.4 is 0 Å². The second kappa shape index (κ2) is 70.1. The Hall–Kier alpha value is -1.94. The molecule has 0 spiro atoms. The molecule has 100 heavy (non-hydrogen) atoms. The number of hydrogen-bond acceptors (Lipinski definition) is 15. The molecule has 0 rings (SSSR count). The van der Waals surface area contributed by atoms with Crippen LogP contribution in [-0.4, -0.2) is 96.7 Å². The Kier molecular flexibility index (Phi) is 68.7. The number of hydrogen-bond donors (Lipinski definition) is 3. The van der Waals surface area contributed by atoms with E-state index in [1.807, 2.05) is 0 Å². The molecule has 0 saturated heterocycles. The quantitative estimate of drug-likeness (QED) is 0.0222. The van der Waals surface area contributed by atoms with Crippen molar-refractivity contribution in [3.63, 3.8) is 0 Å². The van der Waals surface area contributed by atoms with E-state index in [0.717, 1.165) is 114 Å². The third-order valence-corrected chi connectivity index (χ3v) is 21.1. The van der Waals surface area contributed by atoms with E-state index in [2.05, 4.69) is 55.4 Å². The van der Waals surface area contributed by atoms with E-state index in [4.69, 9.17) is 37.0 Å². The molecule has 0 heterocycles. The largest absolute Gasteiger partial charge is 0.472 e. The van der Waals surface area contributed by atoms with Crippen LogP contribution in [0.15, 0.2) is 0 Å². The van der Waals surface area contributed by atoms with Crippen LogP contribution >= 0.6 is 15.6 Å². The highest BCUT2D eigenvalue weighted by Crippen LogP contribution is 2.45. The molecule has 19 heteroatoms. The van der Waals surface area contributed by atoms with Crippen molar-refractivity contribution in [1.29, 1.82) is 0 Å². The Bertz CT molecular complexity index is 1960. The van der Waals surface area contributed by atoms with Crippen molar-refractivity contribution >= 4 is 39.5 Å². The molecule has 0 amide bonds. The average Bonchev–Trinajstić information content (AvgIpc) is 0.922. The Morgan fingerprint density at radius 2 is 0.480 bits per heavy atom. The molecule has 594 valence electrons. The van der Waals surface area contributed by atoms with Gasteiger partial charge in [0.15, 0.2) is 12.2 Å². The molecular formula is C81H158O17P2. The number of aliphatic hydroxyl groups excluding tert-OH is 1. The lowest BCUT2D eigenvalue weighted by atomic mass is 9.99. The summed E-state index contributed by atoms with van der Waals surface area (Å²) in [5.74, 6) is 1.03. The fourth-order valence-corrected chi connectivity index (χ4v) is 14.0. The summed E-state index contributed by atoms with van der Waals surface area (Å²) in [5, 5.41) is 10.6. The highest BCUT2D eigenvalue weighted by Gasteiger charge is 2.30. The Labute approximate surface area is 613 Å². The molecule has 17 nitrogen and oxygen atoms in total. The minimum absolute atomic E-state index is 0.106. The van der Waals surface area contributed by atoms with Gasteiger partial charge in [-0.2, -0.15) is 0 Å². The first-order chi connectivity index (χ1) is 48.1. The first kappa shape index (κ1) is 98.1. The van der Waals surface area contributed by atoms with Crippen LogP contribution in [0, 0.1) is 23.7 Å². The first-order valence-corrected chi connectivity index (χ1v) is 44.7. The summed E-state index contributed by atoms with van der Waals surface area (Å²) in [4.78, 5) is 73.1. The van der Waals surface area contributed by atoms with Crippen molar-refractivity contribution in [1.82, 2.24) is 0 Å². The smallest absolute Gasteiger partial charge is 0.462 e. The molecule has 0 radical (unpaired) electrons. The minimum Gasteiger partial charge on any atom is -0.462 e. The number of unbranched alkanes of at least 4 members (excludes halogenated alkanes) is 43. The van der Waals surface area contributed by atoms with Crippen molar-refractivity contribution in [2.45, 2.75) is 433 Å². The highest BCUT2D eigenvalue weighted by atomic mass is 31.2. The second-order valence-electron chi connectivity index (χ2n) is 30.8. The zero-order valence-electron chi connectivity index (χ0n) is 65.8. The fourth-order valence-electron chi connectivity index (χ4n) is 12.4. The molecule has 3 unspecified atom stereocenters. The Balaban J connectivity index is 5.27. The van der Waals surface area contributed by atoms with Gasteiger partial charge in [0.25, 0.3) is 0 Å². The molecular weight excluding hydrogens is 1310 g/mol. The maximum absolute atomic E-state index is 13.1. The SMILES string of the molecule is CCC(C)CCCCCCCCCCCCC(=O)O[C@H](COC(=O)CCCCCCCCCCCC(C)C)COP(=O)(O)OC[C@H](O)COP(=O)(O)OC[C@@H](COC(=O)CCCCCCCCCCCCCCCCC(C)C)OC(=O)CCCCCCCCCCCCCCCCC(C)C. The predicted molar refractivity (Wildman–Crippen MR) is 409 cm³/mol. The molecule has 0 aliphatic carbocycles. The normalized spacial score (nSPS) is 14.3. The number of carbonyl (C=O) groups is 4. The van der Waals surface area contributed by atoms with Crippen molar-refractivity contribution in [2.24, 2.45) is 23.7 Å². The fraction of sp³-hybridized carbons (Fsp3) is 0.951. The molecule has 0 fully saturated rings. The van der Waals surface area contributed by atoms with E-state index in [-0.39, 0.29) is 25.7 Å². The van der Waals surface area contributed by atoms with Gasteiger partial charge in [0.05, 0.1) is 26.4 Å². The van der Waals surface area contributed by atoms with Crippen LogP contribution in [-0.2, 0) is 65.4 Å². The molecule has 0 aromatic carbocycles. The number of ether oxygens (including phenoxy) is 4. The number of aliphatic hydroxyl groups is 1. The number of esters is 4. The first-order valence-electron chi connectivity index (χ1n) is 41.7. The molecule has 0 saturated carbocycles. The highest BCUT2D eigenvalue weighted by molar-refractivity contribution is 7.47. The lowest BCUT2D eigenvalue weighted by Crippen LogP contribution is -2.30. The van der Waals surface area contributed by atoms with Crippen molar-refractivity contribution < 1.29 is 80.2 Å². The molecule has 0 bridgehead atoms. The summed E-state index contributed by atoms with van der Waals surface area (Å²) in [7, 11) is -9.92. The molecule has 0 aromatic rings. The third-order valence-electron chi connectivity index (χ3n) is 19.2. The van der Waals surface area contributed by atoms with Gasteiger partial charge in [-0.15, -0.1) is 0 Å². The number of carbonyl (C=O) groups excluding carboxylic acids is 4. The zero-order chi connectivity index (χ0) is 73.8. The molecule has 3 N–H and O–H groups in total. The summed E-state index contributed by atoms with van der Waals surface area (Å²) >= 11 is 0. The van der Waals surface area contributed by atoms with E-state index in [1.54, 1.807) is 0 Å². The lowest BCUT2D eigenvalue weighted by molar-refractivity contribution is -0.161. The Morgan fingerprint density at radius 1 is 0.280 bits per heavy atom. The Morgan fingerprint density at radius 3 is 0.710 bits per heavy atom. The molecule has 0 aromatic heterocycles. The van der Waals surface area contributed by atoms with Crippen LogP contribution in [0.4, 0.5) is 0 Å². The van der Waals surface area contributed by atoms with E-state index in [0.29, 0.717) is 25.7 Å². The van der Waals surface area contributed by atoms with Gasteiger partial charge in [0, 0.05) is 25.7 Å². The number of rotatable bonds is 78. The van der Waals surface area contributed by atoms with Gasteiger partial charge >= 0.3 is 39.5 Å². The molecule has 0 aliphatic heterocycles. The van der Waals surface area contributed by atoms with E-state index in [1.165, 1.54) is 218 Å². The standard InChI is InChI=1S/C81H158O17P2/c1-9-74(8)60-52-44-36-28-22-23-31-40-48-56-64-81(86)98-77(68-92-79(84)62-54-46-38-32-24-27-35-43-51-59-73(6)7)70-96-100(89,90)94-66-75(82)65-93-99(87,88)95-69-76(97-80(85)63-55-47-39-30-21-17-13-11-15-19-26-34-42-50-58-72(4)5)67-91-78(83)61-53-45-37-29-20-16-12-10-14-18-25-33-41-49-57-71(2)3/h71-77,82H,9-70H2,1-8H3,(H,87,88)(H,89,90)/t74?,75-,76-,77-/m1/s1. The monoisotopic (exact) mass is 1470 g/mol. The van der Waals surface area contributed by atoms with Crippen LogP contribution in [0.25, 0.3) is 0 Å². The van der Waals surface area contributed by atoms with Crippen LogP contribution in [0.3, 0.4) is 0 Å². The van der Waals surface area contributed by atoms with E-state index in [9.17, 15) is 43.2 Å². The maximum atomic E-state index is 13.1. The summed E-state index contributed by atoms with van der Waals surface area (Å²) in [6.07, 6.45) is 56.7. The van der Waals surface area contributed by atoms with Crippen LogP contribution in [0.1, 0.15) is 415 Å². The van der Waals surface area contributed by atoms with Crippen molar-refractivity contribution in [3.8, 4) is 0 Å². The number of phosphoric ester groups is 2. The maximum Gasteiger partial charge on any atom is 0.472 e. The summed E-state index contributed by atoms with van der Waals surface area (Å²) < 4.78 is 68.8. The summed E-state index contributed by atoms with van der Waals surface area (Å²) in [6.45, 7) is 14.3. The van der Waals surface area contributed by atoms with Crippen LogP contribution in [0.2, 0.25) is 0 Å². The summed E-state index contributed by atoms with van der Waals surface area (Å²) in [6, 6.07) is 0. The summed E-state index contributed by atoms with van der Waals surface area (Å²) in [5.41, 5.74) is 0. The van der Waals surface area contributed by atoms with E-state index < -0.39 is 97.5 Å². The van der Waals surface area contributed by atoms with Gasteiger partial charge < -0.3 is 33.8 Å². The van der Waals surface area contributed by atoms with Gasteiger partial charge in [-0.3, -0.25) is 37.3 Å². The van der Waals surface area contributed by atoms with Gasteiger partial charge in [0.1, 0.15) is 19.3 Å². The van der Waals surface area contributed by atoms with Gasteiger partial charge in [0.2, 0.25) is 0 Å². The molecule has 0 aliphatic rings. The van der Waals surface area contributed by atoms with Gasteiger partial charge in [-0.05, 0) is 49.4 Å². The van der Waals surface area contributed by atoms with E-state index >= 15 is 0 Å². The minimum atomic E-state index is -4.96. The third kappa shape index (κ3) is 73.0. The van der Waals surface area contributed by atoms with Crippen LogP contribution in [0.5, 0.6) is 0 Å². The predicted octanol–water partition coefficient (Wildman–Crippen LogP) is 24.0. The topological polar surface area (TPSA) is 237 Å². The van der Waals surface area contributed by atoms with Gasteiger partial charge in [-0.25, -0.2) is 9.13 Å². The average molecular weight is 1470 g/mol.